The van der Waals surface area contributed by atoms with Crippen molar-refractivity contribution in [3.8, 4) is 0 Å². The van der Waals surface area contributed by atoms with Crippen molar-refractivity contribution in [2.75, 3.05) is 33.4 Å². The number of likely N-dealkylation sites (N-methyl/N-ethyl adjacent to an activating group) is 1. The molecule has 1 aromatic carbocycles. The van der Waals surface area contributed by atoms with E-state index in [1.807, 2.05) is 0 Å². The number of benzene rings is 1. The topological polar surface area (TPSA) is 9.23 Å². The summed E-state index contributed by atoms with van der Waals surface area (Å²) in [6.07, 6.45) is 0. The predicted octanol–water partition coefficient (Wildman–Crippen LogP) is -0.580. The molecule has 15 heavy (non-hydrogen) atoms. The fourth-order valence-electron chi connectivity index (χ4n) is 1.81. The van der Waals surface area contributed by atoms with Gasteiger partial charge in [-0.3, -0.25) is 4.48 Å². The number of morpholine rings is 1. The number of nitrogens with zero attached hydrogens (tertiary/aromatic N) is 1. The molecule has 1 aliphatic heterocycles. The van der Waals surface area contributed by atoms with Gasteiger partial charge in [0.05, 0.1) is 20.3 Å². The van der Waals surface area contributed by atoms with Crippen molar-refractivity contribution >= 4 is 21.6 Å². The molecule has 2 nitrogen and oxygen atoms in total. The standard InChI is InChI=1S/C11H15BrNO.BrH/c1-13(6-8-14-9-7-13)11-4-2-10(12)3-5-11;/h2-5H,6-9H2,1H3;1H/q+1;/p-1. The lowest BCUT2D eigenvalue weighted by Gasteiger charge is -2.37. The Morgan fingerprint density at radius 3 is 2.20 bits per heavy atom. The van der Waals surface area contributed by atoms with Crippen molar-refractivity contribution in [3.05, 3.63) is 28.7 Å². The maximum Gasteiger partial charge on any atom is 0.132 e. The number of ether oxygens (including phenoxy) is 1. The van der Waals surface area contributed by atoms with Crippen LogP contribution in [0.1, 0.15) is 0 Å². The first-order valence-electron chi connectivity index (χ1n) is 4.89. The molecule has 1 aliphatic rings. The Hall–Kier alpha value is 0.1000. The Morgan fingerprint density at radius 2 is 1.67 bits per heavy atom. The van der Waals surface area contributed by atoms with Gasteiger partial charge >= 0.3 is 0 Å². The van der Waals surface area contributed by atoms with Gasteiger partial charge in [0, 0.05) is 16.6 Å². The monoisotopic (exact) mass is 335 g/mol. The molecule has 0 N–H and O–H groups in total. The summed E-state index contributed by atoms with van der Waals surface area (Å²) in [5, 5.41) is 0. The summed E-state index contributed by atoms with van der Waals surface area (Å²) in [7, 11) is 2.27. The molecule has 0 saturated carbocycles. The van der Waals surface area contributed by atoms with Gasteiger partial charge in [-0.25, -0.2) is 0 Å². The molecule has 0 unspecified atom stereocenters. The van der Waals surface area contributed by atoms with Gasteiger partial charge in [0.25, 0.3) is 0 Å². The van der Waals surface area contributed by atoms with Crippen LogP contribution in [-0.4, -0.2) is 33.4 Å². The zero-order chi connectivity index (χ0) is 10.0. The molecular weight excluding hydrogens is 322 g/mol. The van der Waals surface area contributed by atoms with Crippen LogP contribution in [0.5, 0.6) is 0 Å². The Labute approximate surface area is 110 Å². The summed E-state index contributed by atoms with van der Waals surface area (Å²) in [4.78, 5) is 0. The highest BCUT2D eigenvalue weighted by molar-refractivity contribution is 9.10. The third-order valence-corrected chi connectivity index (χ3v) is 3.44. The minimum atomic E-state index is 0. The number of hydrogen-bond acceptors (Lipinski definition) is 1. The molecule has 1 fully saturated rings. The summed E-state index contributed by atoms with van der Waals surface area (Å²) in [6.45, 7) is 3.88. The maximum atomic E-state index is 5.39. The highest BCUT2D eigenvalue weighted by atomic mass is 79.9. The second kappa shape index (κ2) is 5.43. The number of rotatable bonds is 1. The molecule has 0 spiro atoms. The smallest absolute Gasteiger partial charge is 0.132 e. The van der Waals surface area contributed by atoms with E-state index in [0.717, 1.165) is 35.3 Å². The van der Waals surface area contributed by atoms with Gasteiger partial charge in [0.2, 0.25) is 0 Å². The second-order valence-corrected chi connectivity index (χ2v) is 4.85. The number of quaternary nitrogens is 1. The van der Waals surface area contributed by atoms with Gasteiger partial charge in [0.1, 0.15) is 18.8 Å². The van der Waals surface area contributed by atoms with Crippen molar-refractivity contribution < 1.29 is 21.7 Å². The van der Waals surface area contributed by atoms with Crippen LogP contribution in [0.3, 0.4) is 0 Å². The van der Waals surface area contributed by atoms with Crippen molar-refractivity contribution in [1.29, 1.82) is 0 Å². The van der Waals surface area contributed by atoms with Gasteiger partial charge in [-0.15, -0.1) is 0 Å². The lowest BCUT2D eigenvalue weighted by Crippen LogP contribution is -3.00. The molecular formula is C11H15Br2NO. The second-order valence-electron chi connectivity index (χ2n) is 3.93. The van der Waals surface area contributed by atoms with E-state index in [4.69, 9.17) is 4.74 Å². The normalized spacial score (nSPS) is 19.3. The fraction of sp³-hybridized carbons (Fsp3) is 0.455. The molecule has 1 heterocycles. The first-order valence-corrected chi connectivity index (χ1v) is 5.68. The van der Waals surface area contributed by atoms with Crippen LogP contribution in [-0.2, 0) is 4.74 Å². The van der Waals surface area contributed by atoms with Crippen molar-refractivity contribution in [2.24, 2.45) is 0 Å². The van der Waals surface area contributed by atoms with Gasteiger partial charge in [0.15, 0.2) is 0 Å². The highest BCUT2D eigenvalue weighted by Crippen LogP contribution is 2.24. The number of hydrogen-bond donors (Lipinski definition) is 0. The molecule has 0 atom stereocenters. The Bertz CT molecular complexity index is 307. The van der Waals surface area contributed by atoms with Crippen LogP contribution >= 0.6 is 15.9 Å². The Kier molecular flexibility index (Phi) is 4.77. The van der Waals surface area contributed by atoms with Crippen LogP contribution in [0.2, 0.25) is 0 Å². The van der Waals surface area contributed by atoms with E-state index in [9.17, 15) is 0 Å². The zero-order valence-electron chi connectivity index (χ0n) is 8.75. The predicted molar refractivity (Wildman–Crippen MR) is 62.4 cm³/mol. The Morgan fingerprint density at radius 1 is 1.13 bits per heavy atom. The molecule has 0 amide bonds. The highest BCUT2D eigenvalue weighted by Gasteiger charge is 2.27. The van der Waals surface area contributed by atoms with E-state index in [0.29, 0.717) is 0 Å². The van der Waals surface area contributed by atoms with Gasteiger partial charge in [-0.05, 0) is 12.1 Å². The molecule has 0 bridgehead atoms. The summed E-state index contributed by atoms with van der Waals surface area (Å²) in [5.74, 6) is 0. The van der Waals surface area contributed by atoms with Crippen molar-refractivity contribution in [3.63, 3.8) is 0 Å². The molecule has 2 rings (SSSR count). The molecule has 0 aliphatic carbocycles. The summed E-state index contributed by atoms with van der Waals surface area (Å²) in [6, 6.07) is 8.59. The van der Waals surface area contributed by atoms with Crippen molar-refractivity contribution in [1.82, 2.24) is 4.48 Å². The maximum absolute atomic E-state index is 5.39. The minimum absolute atomic E-state index is 0. The van der Waals surface area contributed by atoms with Crippen LogP contribution in [0.15, 0.2) is 28.7 Å². The molecule has 0 aromatic heterocycles. The van der Waals surface area contributed by atoms with Gasteiger partial charge in [-0.1, -0.05) is 15.9 Å². The molecule has 0 radical (unpaired) electrons. The van der Waals surface area contributed by atoms with Crippen LogP contribution in [0, 0.1) is 0 Å². The first kappa shape index (κ1) is 13.2. The SMILES string of the molecule is C[N+]1(c2ccc(Br)cc2)CCOCC1.[Br-]. The van der Waals surface area contributed by atoms with E-state index in [-0.39, 0.29) is 17.0 Å². The van der Waals surface area contributed by atoms with Crippen LogP contribution in [0.4, 0.5) is 5.69 Å². The lowest BCUT2D eigenvalue weighted by molar-refractivity contribution is -0.00000490. The van der Waals surface area contributed by atoms with Crippen LogP contribution < -0.4 is 21.5 Å². The Balaban J connectivity index is 0.00000112. The fourth-order valence-corrected chi connectivity index (χ4v) is 2.07. The number of halogens is 2. The summed E-state index contributed by atoms with van der Waals surface area (Å²) in [5.41, 5.74) is 1.37. The van der Waals surface area contributed by atoms with E-state index in [1.54, 1.807) is 0 Å². The lowest BCUT2D eigenvalue weighted by atomic mass is 10.2. The van der Waals surface area contributed by atoms with Crippen molar-refractivity contribution in [2.45, 2.75) is 0 Å². The zero-order valence-corrected chi connectivity index (χ0v) is 11.9. The van der Waals surface area contributed by atoms with Crippen LogP contribution in [0.25, 0.3) is 0 Å². The largest absolute Gasteiger partial charge is 1.00 e. The average Bonchev–Trinajstić information content (AvgIpc) is 2.19. The summed E-state index contributed by atoms with van der Waals surface area (Å²) >= 11 is 3.46. The van der Waals surface area contributed by atoms with E-state index < -0.39 is 0 Å². The third kappa shape index (κ3) is 3.03. The third-order valence-electron chi connectivity index (χ3n) is 2.91. The first-order chi connectivity index (χ1) is 6.71. The molecule has 1 aromatic rings. The van der Waals surface area contributed by atoms with Gasteiger partial charge < -0.3 is 21.7 Å². The van der Waals surface area contributed by atoms with E-state index in [1.165, 1.54) is 5.69 Å². The average molecular weight is 337 g/mol. The quantitative estimate of drug-likeness (QED) is 0.624. The molecule has 1 saturated heterocycles. The van der Waals surface area contributed by atoms with E-state index >= 15 is 0 Å². The summed E-state index contributed by atoms with van der Waals surface area (Å²) < 4.78 is 7.52. The van der Waals surface area contributed by atoms with E-state index in [2.05, 4.69) is 47.2 Å². The molecule has 84 valence electrons. The minimum Gasteiger partial charge on any atom is -1.00 e. The molecule has 4 heteroatoms. The van der Waals surface area contributed by atoms with Gasteiger partial charge in [-0.2, -0.15) is 0 Å².